The fraction of sp³-hybridized carbons (Fsp3) is 1.00. The van der Waals surface area contributed by atoms with Gasteiger partial charge in [-0.25, -0.2) is 0 Å². The van der Waals surface area contributed by atoms with Crippen LogP contribution in [0.3, 0.4) is 0 Å². The SMILES string of the molecule is CCCC(C)(CN)CCOCCOCCOC. The Morgan fingerprint density at radius 1 is 0.941 bits per heavy atom. The Balaban J connectivity index is 3.37. The maximum atomic E-state index is 5.79. The van der Waals surface area contributed by atoms with Crippen molar-refractivity contribution in [2.75, 3.05) is 46.7 Å². The van der Waals surface area contributed by atoms with E-state index >= 15 is 0 Å². The average molecular weight is 247 g/mol. The lowest BCUT2D eigenvalue weighted by Crippen LogP contribution is -2.28. The Morgan fingerprint density at radius 3 is 2.06 bits per heavy atom. The van der Waals surface area contributed by atoms with Crippen molar-refractivity contribution in [3.05, 3.63) is 0 Å². The highest BCUT2D eigenvalue weighted by Gasteiger charge is 2.20. The van der Waals surface area contributed by atoms with Gasteiger partial charge in [0.2, 0.25) is 0 Å². The van der Waals surface area contributed by atoms with Gasteiger partial charge in [-0.05, 0) is 24.8 Å². The van der Waals surface area contributed by atoms with E-state index in [1.165, 1.54) is 6.42 Å². The summed E-state index contributed by atoms with van der Waals surface area (Å²) in [5, 5.41) is 0. The number of rotatable bonds is 12. The highest BCUT2D eigenvalue weighted by atomic mass is 16.5. The van der Waals surface area contributed by atoms with Crippen molar-refractivity contribution in [2.45, 2.75) is 33.1 Å². The standard InChI is InChI=1S/C13H29NO3/c1-4-5-13(2,12-14)6-7-16-10-11-17-9-8-15-3/h4-12,14H2,1-3H3. The normalized spacial score (nSPS) is 14.8. The Hall–Kier alpha value is -0.160. The number of hydrogen-bond donors (Lipinski definition) is 1. The topological polar surface area (TPSA) is 53.7 Å². The fourth-order valence-corrected chi connectivity index (χ4v) is 1.72. The molecule has 0 aliphatic heterocycles. The third-order valence-electron chi connectivity index (χ3n) is 3.00. The van der Waals surface area contributed by atoms with Crippen molar-refractivity contribution in [2.24, 2.45) is 11.1 Å². The average Bonchev–Trinajstić information content (AvgIpc) is 2.33. The van der Waals surface area contributed by atoms with Crippen molar-refractivity contribution in [1.29, 1.82) is 0 Å². The second-order valence-corrected chi connectivity index (χ2v) is 4.73. The number of nitrogens with two attached hydrogens (primary N) is 1. The minimum atomic E-state index is 0.228. The molecule has 0 bridgehead atoms. The molecule has 1 unspecified atom stereocenters. The van der Waals surface area contributed by atoms with Crippen LogP contribution in [0, 0.1) is 5.41 Å². The van der Waals surface area contributed by atoms with E-state index in [4.69, 9.17) is 19.9 Å². The van der Waals surface area contributed by atoms with Gasteiger partial charge in [0, 0.05) is 13.7 Å². The van der Waals surface area contributed by atoms with Gasteiger partial charge in [0.25, 0.3) is 0 Å². The molecule has 0 aromatic carbocycles. The molecule has 0 amide bonds. The van der Waals surface area contributed by atoms with Crippen LogP contribution >= 0.6 is 0 Å². The summed E-state index contributed by atoms with van der Waals surface area (Å²) in [5.41, 5.74) is 6.02. The number of ether oxygens (including phenoxy) is 3. The summed E-state index contributed by atoms with van der Waals surface area (Å²) in [6, 6.07) is 0. The molecule has 0 fully saturated rings. The molecule has 0 aliphatic rings. The quantitative estimate of drug-likeness (QED) is 0.534. The van der Waals surface area contributed by atoms with Gasteiger partial charge < -0.3 is 19.9 Å². The molecule has 2 N–H and O–H groups in total. The Morgan fingerprint density at radius 2 is 1.53 bits per heavy atom. The van der Waals surface area contributed by atoms with E-state index < -0.39 is 0 Å². The van der Waals surface area contributed by atoms with Gasteiger partial charge in [0.1, 0.15) is 0 Å². The maximum absolute atomic E-state index is 5.79. The molecule has 104 valence electrons. The van der Waals surface area contributed by atoms with Crippen LogP contribution in [0.25, 0.3) is 0 Å². The van der Waals surface area contributed by atoms with Gasteiger partial charge in [0.15, 0.2) is 0 Å². The van der Waals surface area contributed by atoms with Crippen LogP contribution in [0.1, 0.15) is 33.1 Å². The van der Waals surface area contributed by atoms with Crippen LogP contribution in [0.15, 0.2) is 0 Å². The lowest BCUT2D eigenvalue weighted by Gasteiger charge is -2.27. The molecule has 0 aromatic heterocycles. The summed E-state index contributed by atoms with van der Waals surface area (Å²) in [6.07, 6.45) is 3.36. The molecule has 4 nitrogen and oxygen atoms in total. The van der Waals surface area contributed by atoms with Crippen LogP contribution < -0.4 is 5.73 Å². The van der Waals surface area contributed by atoms with Crippen molar-refractivity contribution in [3.8, 4) is 0 Å². The van der Waals surface area contributed by atoms with Gasteiger partial charge in [-0.3, -0.25) is 0 Å². The van der Waals surface area contributed by atoms with Crippen LogP contribution in [0.5, 0.6) is 0 Å². The summed E-state index contributed by atoms with van der Waals surface area (Å²) < 4.78 is 15.7. The summed E-state index contributed by atoms with van der Waals surface area (Å²) in [7, 11) is 1.67. The van der Waals surface area contributed by atoms with Gasteiger partial charge in [0.05, 0.1) is 26.4 Å². The Kier molecular flexibility index (Phi) is 10.9. The summed E-state index contributed by atoms with van der Waals surface area (Å²) in [5.74, 6) is 0. The third-order valence-corrected chi connectivity index (χ3v) is 3.00. The fourth-order valence-electron chi connectivity index (χ4n) is 1.72. The molecule has 0 aliphatic carbocycles. The van der Waals surface area contributed by atoms with E-state index in [0.717, 1.165) is 26.0 Å². The van der Waals surface area contributed by atoms with Gasteiger partial charge in [-0.1, -0.05) is 20.3 Å². The van der Waals surface area contributed by atoms with Crippen molar-refractivity contribution in [1.82, 2.24) is 0 Å². The molecule has 0 saturated carbocycles. The highest BCUT2D eigenvalue weighted by molar-refractivity contribution is 4.74. The first-order valence-corrected chi connectivity index (χ1v) is 6.53. The highest BCUT2D eigenvalue weighted by Crippen LogP contribution is 2.25. The van der Waals surface area contributed by atoms with Crippen LogP contribution in [-0.4, -0.2) is 46.7 Å². The monoisotopic (exact) mass is 247 g/mol. The van der Waals surface area contributed by atoms with Gasteiger partial charge in [-0.15, -0.1) is 0 Å². The molecule has 4 heteroatoms. The van der Waals surface area contributed by atoms with E-state index in [0.29, 0.717) is 26.4 Å². The molecule has 0 rings (SSSR count). The minimum absolute atomic E-state index is 0.228. The first kappa shape index (κ1) is 16.8. The van der Waals surface area contributed by atoms with E-state index in [1.54, 1.807) is 7.11 Å². The molecular formula is C13H29NO3. The second-order valence-electron chi connectivity index (χ2n) is 4.73. The van der Waals surface area contributed by atoms with E-state index in [9.17, 15) is 0 Å². The zero-order valence-electron chi connectivity index (χ0n) is 11.7. The maximum Gasteiger partial charge on any atom is 0.0701 e. The van der Waals surface area contributed by atoms with Crippen molar-refractivity contribution >= 4 is 0 Å². The van der Waals surface area contributed by atoms with Gasteiger partial charge in [-0.2, -0.15) is 0 Å². The minimum Gasteiger partial charge on any atom is -0.382 e. The summed E-state index contributed by atoms with van der Waals surface area (Å²) in [6.45, 7) is 8.48. The summed E-state index contributed by atoms with van der Waals surface area (Å²) >= 11 is 0. The van der Waals surface area contributed by atoms with Crippen molar-refractivity contribution in [3.63, 3.8) is 0 Å². The molecule has 1 atom stereocenters. The predicted molar refractivity (Wildman–Crippen MR) is 70.2 cm³/mol. The van der Waals surface area contributed by atoms with Crippen LogP contribution in [-0.2, 0) is 14.2 Å². The second kappa shape index (κ2) is 11.0. The molecule has 0 aromatic rings. The molecule has 0 spiro atoms. The summed E-state index contributed by atoms with van der Waals surface area (Å²) in [4.78, 5) is 0. The van der Waals surface area contributed by atoms with E-state index in [2.05, 4.69) is 13.8 Å². The molecule has 0 heterocycles. The molecule has 0 radical (unpaired) electrons. The molecular weight excluding hydrogens is 218 g/mol. The number of hydrogen-bond acceptors (Lipinski definition) is 4. The smallest absolute Gasteiger partial charge is 0.0701 e. The van der Waals surface area contributed by atoms with Gasteiger partial charge >= 0.3 is 0 Å². The third kappa shape index (κ3) is 9.53. The first-order valence-electron chi connectivity index (χ1n) is 6.53. The lowest BCUT2D eigenvalue weighted by atomic mass is 9.83. The first-order chi connectivity index (χ1) is 8.18. The predicted octanol–water partition coefficient (Wildman–Crippen LogP) is 1.82. The Bertz CT molecular complexity index is 167. The zero-order chi connectivity index (χ0) is 13.0. The van der Waals surface area contributed by atoms with Crippen LogP contribution in [0.2, 0.25) is 0 Å². The van der Waals surface area contributed by atoms with Crippen molar-refractivity contribution < 1.29 is 14.2 Å². The molecule has 17 heavy (non-hydrogen) atoms. The lowest BCUT2D eigenvalue weighted by molar-refractivity contribution is 0.0174. The van der Waals surface area contributed by atoms with E-state index in [1.807, 2.05) is 0 Å². The number of methoxy groups -OCH3 is 1. The Labute approximate surface area is 106 Å². The zero-order valence-corrected chi connectivity index (χ0v) is 11.7. The molecule has 0 saturated heterocycles. The van der Waals surface area contributed by atoms with Crippen LogP contribution in [0.4, 0.5) is 0 Å². The largest absolute Gasteiger partial charge is 0.382 e. The van der Waals surface area contributed by atoms with E-state index in [-0.39, 0.29) is 5.41 Å².